The van der Waals surface area contributed by atoms with E-state index in [4.69, 9.17) is 0 Å². The van der Waals surface area contributed by atoms with Crippen LogP contribution in [0.4, 0.5) is 0 Å². The highest BCUT2D eigenvalue weighted by atomic mass is 79.9. The van der Waals surface area contributed by atoms with Crippen LogP contribution < -0.4 is 0 Å². The first kappa shape index (κ1) is 14.3. The van der Waals surface area contributed by atoms with Crippen molar-refractivity contribution in [1.29, 1.82) is 0 Å². The summed E-state index contributed by atoms with van der Waals surface area (Å²) in [5, 5.41) is 0.996. The molecule has 19 heavy (non-hydrogen) atoms. The molecular weight excluding hydrogens is 324 g/mol. The number of imidazole rings is 1. The Morgan fingerprint density at radius 3 is 2.74 bits per heavy atom. The number of carbonyl (C=O) groups is 1. The molecule has 0 fully saturated rings. The third-order valence-corrected chi connectivity index (χ3v) is 4.40. The number of aryl methyl sites for hydroxylation is 1. The highest BCUT2D eigenvalue weighted by molar-refractivity contribution is 9.10. The highest BCUT2D eigenvalue weighted by Crippen LogP contribution is 2.17. The van der Waals surface area contributed by atoms with Crippen LogP contribution >= 0.6 is 27.7 Å². The molecule has 0 N–H and O–H groups in total. The fourth-order valence-corrected chi connectivity index (χ4v) is 2.80. The van der Waals surface area contributed by atoms with Gasteiger partial charge in [0, 0.05) is 41.7 Å². The van der Waals surface area contributed by atoms with Crippen molar-refractivity contribution in [3.8, 4) is 0 Å². The molecule has 2 rings (SSSR count). The van der Waals surface area contributed by atoms with Crippen LogP contribution in [-0.4, -0.2) is 21.1 Å². The van der Waals surface area contributed by atoms with Gasteiger partial charge in [-0.15, -0.1) is 0 Å². The van der Waals surface area contributed by atoms with E-state index in [1.54, 1.807) is 18.0 Å². The fraction of sp³-hybridized carbons (Fsp3) is 0.286. The highest BCUT2D eigenvalue weighted by Gasteiger charge is 2.06. The lowest BCUT2D eigenvalue weighted by atomic mass is 10.1. The van der Waals surface area contributed by atoms with Crippen LogP contribution in [0.1, 0.15) is 23.2 Å². The molecule has 0 bridgehead atoms. The molecular formula is C14H15BrN2OS. The van der Waals surface area contributed by atoms with Crippen molar-refractivity contribution in [3.63, 3.8) is 0 Å². The van der Waals surface area contributed by atoms with Gasteiger partial charge in [-0.05, 0) is 18.6 Å². The van der Waals surface area contributed by atoms with E-state index in [1.807, 2.05) is 42.1 Å². The normalized spacial score (nSPS) is 10.6. The average molecular weight is 339 g/mol. The number of hydrogen-bond acceptors (Lipinski definition) is 3. The Bertz CT molecular complexity index is 551. The number of ketones is 1. The van der Waals surface area contributed by atoms with Crippen LogP contribution in [0.2, 0.25) is 0 Å². The van der Waals surface area contributed by atoms with Crippen LogP contribution in [0.5, 0.6) is 0 Å². The summed E-state index contributed by atoms with van der Waals surface area (Å²) in [6.45, 7) is 0. The van der Waals surface area contributed by atoms with Crippen LogP contribution in [0.25, 0.3) is 0 Å². The molecule has 1 aromatic carbocycles. The number of halogens is 1. The summed E-state index contributed by atoms with van der Waals surface area (Å²) < 4.78 is 2.98. The lowest BCUT2D eigenvalue weighted by Gasteiger charge is -2.02. The lowest BCUT2D eigenvalue weighted by molar-refractivity contribution is 0.0982. The summed E-state index contributed by atoms with van der Waals surface area (Å²) in [5.74, 6) is 1.11. The summed E-state index contributed by atoms with van der Waals surface area (Å²) in [7, 11) is 1.97. The third kappa shape index (κ3) is 4.21. The Balaban J connectivity index is 1.75. The van der Waals surface area contributed by atoms with Gasteiger partial charge in [0.2, 0.25) is 0 Å². The molecule has 100 valence electrons. The van der Waals surface area contributed by atoms with E-state index in [1.165, 1.54) is 0 Å². The maximum Gasteiger partial charge on any atom is 0.167 e. The molecule has 0 radical (unpaired) electrons. The molecule has 0 aliphatic carbocycles. The molecule has 0 saturated carbocycles. The van der Waals surface area contributed by atoms with Crippen LogP contribution in [-0.2, 0) is 7.05 Å². The minimum absolute atomic E-state index is 0.202. The Morgan fingerprint density at radius 1 is 1.37 bits per heavy atom. The number of nitrogens with zero attached hydrogens (tertiary/aromatic N) is 2. The van der Waals surface area contributed by atoms with Gasteiger partial charge in [-0.25, -0.2) is 4.98 Å². The van der Waals surface area contributed by atoms with E-state index >= 15 is 0 Å². The largest absolute Gasteiger partial charge is 0.329 e. The van der Waals surface area contributed by atoms with E-state index in [9.17, 15) is 4.79 Å². The summed E-state index contributed by atoms with van der Waals surface area (Å²) in [6.07, 6.45) is 5.16. The summed E-state index contributed by atoms with van der Waals surface area (Å²) in [4.78, 5) is 16.2. The zero-order valence-electron chi connectivity index (χ0n) is 10.7. The van der Waals surface area contributed by atoms with E-state index in [2.05, 4.69) is 20.9 Å². The predicted molar refractivity (Wildman–Crippen MR) is 81.6 cm³/mol. The Kier molecular flexibility index (Phi) is 5.22. The van der Waals surface area contributed by atoms with Gasteiger partial charge in [0.15, 0.2) is 10.9 Å². The van der Waals surface area contributed by atoms with Gasteiger partial charge in [-0.3, -0.25) is 4.79 Å². The van der Waals surface area contributed by atoms with Gasteiger partial charge in [0.1, 0.15) is 0 Å². The van der Waals surface area contributed by atoms with Crippen molar-refractivity contribution in [2.45, 2.75) is 18.0 Å². The summed E-state index contributed by atoms with van der Waals surface area (Å²) in [6, 6.07) is 7.52. The number of hydrogen-bond donors (Lipinski definition) is 0. The monoisotopic (exact) mass is 338 g/mol. The average Bonchev–Trinajstić information content (AvgIpc) is 2.81. The Labute approximate surface area is 125 Å². The van der Waals surface area contributed by atoms with Crippen molar-refractivity contribution < 1.29 is 4.79 Å². The molecule has 0 atom stereocenters. The number of rotatable bonds is 6. The second-order valence-electron chi connectivity index (χ2n) is 4.20. The van der Waals surface area contributed by atoms with Crippen molar-refractivity contribution >= 4 is 33.5 Å². The molecule has 3 nitrogen and oxygen atoms in total. The predicted octanol–water partition coefficient (Wildman–Crippen LogP) is 3.94. The lowest BCUT2D eigenvalue weighted by Crippen LogP contribution is -1.99. The molecule has 0 aliphatic heterocycles. The number of carbonyl (C=O) groups excluding carboxylic acids is 1. The molecule has 2 aromatic rings. The van der Waals surface area contributed by atoms with Crippen LogP contribution in [0.3, 0.4) is 0 Å². The van der Waals surface area contributed by atoms with E-state index in [0.29, 0.717) is 6.42 Å². The molecule has 0 aliphatic rings. The topological polar surface area (TPSA) is 34.9 Å². The van der Waals surface area contributed by atoms with Crippen LogP contribution in [0, 0.1) is 0 Å². The first-order chi connectivity index (χ1) is 9.16. The molecule has 0 amide bonds. The maximum absolute atomic E-state index is 11.9. The Hall–Kier alpha value is -1.07. The quantitative estimate of drug-likeness (QED) is 0.454. The SMILES string of the molecule is Cn1ccnc1SCCCC(=O)c1ccc(Br)cc1. The molecule has 0 unspecified atom stereocenters. The summed E-state index contributed by atoms with van der Waals surface area (Å²) >= 11 is 5.05. The summed E-state index contributed by atoms with van der Waals surface area (Å²) in [5.41, 5.74) is 0.783. The molecule has 1 aromatic heterocycles. The minimum atomic E-state index is 0.202. The van der Waals surface area contributed by atoms with Gasteiger partial charge in [0.05, 0.1) is 0 Å². The van der Waals surface area contributed by atoms with Gasteiger partial charge >= 0.3 is 0 Å². The van der Waals surface area contributed by atoms with Gasteiger partial charge in [-0.1, -0.05) is 39.8 Å². The zero-order chi connectivity index (χ0) is 13.7. The number of benzene rings is 1. The van der Waals surface area contributed by atoms with E-state index < -0.39 is 0 Å². The molecule has 0 spiro atoms. The van der Waals surface area contributed by atoms with Crippen molar-refractivity contribution in [2.24, 2.45) is 7.05 Å². The van der Waals surface area contributed by atoms with Crippen molar-refractivity contribution in [3.05, 3.63) is 46.7 Å². The first-order valence-electron chi connectivity index (χ1n) is 6.05. The van der Waals surface area contributed by atoms with Crippen molar-refractivity contribution in [2.75, 3.05) is 5.75 Å². The van der Waals surface area contributed by atoms with Crippen molar-refractivity contribution in [1.82, 2.24) is 9.55 Å². The second-order valence-corrected chi connectivity index (χ2v) is 6.18. The second kappa shape index (κ2) is 6.91. The van der Waals surface area contributed by atoms with E-state index in [-0.39, 0.29) is 5.78 Å². The number of aromatic nitrogens is 2. The van der Waals surface area contributed by atoms with Crippen LogP contribution in [0.15, 0.2) is 46.3 Å². The number of Topliss-reactive ketones (excluding diaryl/α,β-unsaturated/α-hetero) is 1. The maximum atomic E-state index is 11.9. The van der Waals surface area contributed by atoms with Gasteiger partial charge in [0.25, 0.3) is 0 Å². The van der Waals surface area contributed by atoms with E-state index in [0.717, 1.165) is 27.4 Å². The standard InChI is InChI=1S/C14H15BrN2OS/c1-17-9-8-16-14(17)19-10-2-3-13(18)11-4-6-12(15)7-5-11/h4-9H,2-3,10H2,1H3. The first-order valence-corrected chi connectivity index (χ1v) is 7.83. The molecule has 5 heteroatoms. The molecule has 0 saturated heterocycles. The number of thioether (sulfide) groups is 1. The molecule has 1 heterocycles. The third-order valence-electron chi connectivity index (χ3n) is 2.72. The Morgan fingerprint density at radius 2 is 2.11 bits per heavy atom. The smallest absolute Gasteiger partial charge is 0.167 e. The van der Waals surface area contributed by atoms with Gasteiger partial charge in [-0.2, -0.15) is 0 Å². The zero-order valence-corrected chi connectivity index (χ0v) is 13.1. The fourth-order valence-electron chi connectivity index (χ4n) is 1.67. The van der Waals surface area contributed by atoms with Gasteiger partial charge < -0.3 is 4.57 Å². The minimum Gasteiger partial charge on any atom is -0.329 e.